The summed E-state index contributed by atoms with van der Waals surface area (Å²) < 4.78 is 0. The van der Waals surface area contributed by atoms with Gasteiger partial charge in [0.25, 0.3) is 0 Å². The van der Waals surface area contributed by atoms with E-state index in [0.29, 0.717) is 11.4 Å². The van der Waals surface area contributed by atoms with Crippen LogP contribution in [-0.4, -0.2) is 26.9 Å². The molecule has 0 bridgehead atoms. The lowest BCUT2D eigenvalue weighted by atomic mass is 9.87. The van der Waals surface area contributed by atoms with Crippen molar-refractivity contribution in [3.8, 4) is 20.9 Å². The predicted molar refractivity (Wildman–Crippen MR) is 112 cm³/mol. The molecular formula is C16H18Cl2N6S2. The highest BCUT2D eigenvalue weighted by atomic mass is 35.5. The number of nitrogens with two attached hydrogens (primary N) is 2. The van der Waals surface area contributed by atoms with Crippen LogP contribution in [-0.2, 0) is 5.54 Å². The standard InChI is InChI=1S/C16H16N6S2.2ClH/c17-9-16(18,14-10(7-19-21-14)12-3-1-5-23-12)15-11(8-20-22-15)13-4-2-6-24-13;;/h1-8H,9,17-18H2,(H,19,21)(H,20,22);2*1H. The second-order valence-corrected chi connectivity index (χ2v) is 7.32. The topological polar surface area (TPSA) is 109 Å². The van der Waals surface area contributed by atoms with E-state index < -0.39 is 5.54 Å². The van der Waals surface area contributed by atoms with Crippen LogP contribution in [0.3, 0.4) is 0 Å². The van der Waals surface area contributed by atoms with E-state index in [0.717, 1.165) is 20.9 Å². The number of thiophene rings is 2. The van der Waals surface area contributed by atoms with Crippen molar-refractivity contribution in [1.82, 2.24) is 20.4 Å². The van der Waals surface area contributed by atoms with Gasteiger partial charge in [0.2, 0.25) is 0 Å². The molecule has 0 aromatic carbocycles. The zero-order valence-corrected chi connectivity index (χ0v) is 16.8. The van der Waals surface area contributed by atoms with Gasteiger partial charge >= 0.3 is 0 Å². The van der Waals surface area contributed by atoms with Gasteiger partial charge in [-0.05, 0) is 22.9 Å². The lowest BCUT2D eigenvalue weighted by molar-refractivity contribution is 0.518. The Kier molecular flexibility index (Phi) is 6.62. The normalized spacial score (nSPS) is 11.0. The van der Waals surface area contributed by atoms with Gasteiger partial charge in [-0.25, -0.2) is 0 Å². The van der Waals surface area contributed by atoms with Crippen molar-refractivity contribution in [1.29, 1.82) is 0 Å². The first-order chi connectivity index (χ1) is 11.7. The summed E-state index contributed by atoms with van der Waals surface area (Å²) in [6.07, 6.45) is 3.71. The first kappa shape index (κ1) is 20.6. The van der Waals surface area contributed by atoms with Crippen molar-refractivity contribution in [3.05, 3.63) is 58.8 Å². The zero-order chi connectivity index (χ0) is 16.6. The van der Waals surface area contributed by atoms with E-state index in [-0.39, 0.29) is 31.4 Å². The molecular weight excluding hydrogens is 411 g/mol. The fourth-order valence-corrected chi connectivity index (χ4v) is 4.29. The van der Waals surface area contributed by atoms with Gasteiger partial charge in [0.05, 0.1) is 11.4 Å². The van der Waals surface area contributed by atoms with Gasteiger partial charge in [0, 0.05) is 39.8 Å². The zero-order valence-electron chi connectivity index (χ0n) is 13.5. The van der Waals surface area contributed by atoms with Gasteiger partial charge in [-0.2, -0.15) is 10.2 Å². The summed E-state index contributed by atoms with van der Waals surface area (Å²) >= 11 is 3.28. The third kappa shape index (κ3) is 3.32. The van der Waals surface area contributed by atoms with Crippen LogP contribution >= 0.6 is 47.5 Å². The summed E-state index contributed by atoms with van der Waals surface area (Å²) in [5, 5.41) is 18.7. The molecule has 0 atom stereocenters. The maximum Gasteiger partial charge on any atom is 0.118 e. The van der Waals surface area contributed by atoms with Crippen LogP contribution in [0.2, 0.25) is 0 Å². The molecule has 0 aliphatic carbocycles. The Morgan fingerprint density at radius 1 is 0.885 bits per heavy atom. The largest absolute Gasteiger partial charge is 0.328 e. The van der Waals surface area contributed by atoms with E-state index in [2.05, 4.69) is 20.4 Å². The average molecular weight is 429 g/mol. The molecule has 0 fully saturated rings. The van der Waals surface area contributed by atoms with Crippen molar-refractivity contribution in [2.24, 2.45) is 11.5 Å². The van der Waals surface area contributed by atoms with E-state index >= 15 is 0 Å². The van der Waals surface area contributed by atoms with E-state index in [1.54, 1.807) is 22.7 Å². The van der Waals surface area contributed by atoms with Crippen LogP contribution in [0.4, 0.5) is 0 Å². The number of rotatable bonds is 5. The molecule has 6 nitrogen and oxygen atoms in total. The van der Waals surface area contributed by atoms with Crippen LogP contribution in [0.5, 0.6) is 0 Å². The van der Waals surface area contributed by atoms with E-state index in [4.69, 9.17) is 11.5 Å². The summed E-state index contributed by atoms with van der Waals surface area (Å²) in [4.78, 5) is 2.19. The molecule has 0 saturated heterocycles. The van der Waals surface area contributed by atoms with Crippen molar-refractivity contribution >= 4 is 47.5 Å². The highest BCUT2D eigenvalue weighted by Crippen LogP contribution is 2.38. The van der Waals surface area contributed by atoms with Gasteiger partial charge in [0.1, 0.15) is 5.54 Å². The summed E-state index contributed by atoms with van der Waals surface area (Å²) in [5.41, 5.74) is 15.2. The number of nitrogens with one attached hydrogen (secondary N) is 2. The van der Waals surface area contributed by atoms with Crippen LogP contribution in [0.1, 0.15) is 11.4 Å². The molecule has 0 saturated carbocycles. The average Bonchev–Trinajstić information content (AvgIpc) is 3.41. The van der Waals surface area contributed by atoms with Crippen molar-refractivity contribution in [2.75, 3.05) is 6.54 Å². The summed E-state index contributed by atoms with van der Waals surface area (Å²) in [5.74, 6) is 0. The Hall–Kier alpha value is -1.68. The molecule has 0 spiro atoms. The molecule has 6 N–H and O–H groups in total. The van der Waals surface area contributed by atoms with Crippen LogP contribution in [0, 0.1) is 0 Å². The second kappa shape index (κ2) is 8.34. The molecule has 4 heterocycles. The van der Waals surface area contributed by atoms with Crippen molar-refractivity contribution < 1.29 is 0 Å². The van der Waals surface area contributed by atoms with Crippen LogP contribution in [0.25, 0.3) is 20.9 Å². The third-order valence-electron chi connectivity index (χ3n) is 4.02. The number of hydrogen-bond acceptors (Lipinski definition) is 6. The summed E-state index contributed by atoms with van der Waals surface area (Å²) in [7, 11) is 0. The molecule has 0 amide bonds. The quantitative estimate of drug-likeness (QED) is 0.389. The van der Waals surface area contributed by atoms with Gasteiger partial charge in [-0.3, -0.25) is 10.2 Å². The monoisotopic (exact) mass is 428 g/mol. The Morgan fingerprint density at radius 3 is 1.69 bits per heavy atom. The molecule has 10 heteroatoms. The van der Waals surface area contributed by atoms with Gasteiger partial charge < -0.3 is 11.5 Å². The van der Waals surface area contributed by atoms with E-state index in [9.17, 15) is 0 Å². The Balaban J connectivity index is 0.00000121. The summed E-state index contributed by atoms with van der Waals surface area (Å²) in [6, 6.07) is 8.09. The Labute approximate surface area is 170 Å². The molecule has 0 radical (unpaired) electrons. The minimum Gasteiger partial charge on any atom is -0.328 e. The SMILES string of the molecule is Cl.Cl.NCC(N)(c1n[nH]cc1-c1cccs1)c1n[nH]cc1-c1cccs1. The van der Waals surface area contributed by atoms with Crippen molar-refractivity contribution in [3.63, 3.8) is 0 Å². The second-order valence-electron chi connectivity index (χ2n) is 5.43. The number of hydrogen-bond donors (Lipinski definition) is 4. The first-order valence-electron chi connectivity index (χ1n) is 7.39. The van der Waals surface area contributed by atoms with Gasteiger partial charge in [-0.1, -0.05) is 12.1 Å². The maximum absolute atomic E-state index is 6.76. The highest BCUT2D eigenvalue weighted by Gasteiger charge is 2.38. The van der Waals surface area contributed by atoms with E-state index in [1.165, 1.54) is 0 Å². The predicted octanol–water partition coefficient (Wildman–Crippen LogP) is 3.59. The molecule has 4 aromatic rings. The van der Waals surface area contributed by atoms with Crippen LogP contribution < -0.4 is 11.5 Å². The Bertz CT molecular complexity index is 857. The maximum atomic E-state index is 6.76. The van der Waals surface area contributed by atoms with Gasteiger partial charge in [0.15, 0.2) is 0 Å². The number of aromatic nitrogens is 4. The molecule has 0 aliphatic rings. The molecule has 0 aliphatic heterocycles. The fourth-order valence-electron chi connectivity index (χ4n) is 2.80. The molecule has 4 rings (SSSR count). The first-order valence-corrected chi connectivity index (χ1v) is 9.15. The smallest absolute Gasteiger partial charge is 0.118 e. The minimum absolute atomic E-state index is 0. The number of H-pyrrole nitrogens is 2. The third-order valence-corrected chi connectivity index (χ3v) is 5.83. The number of nitrogens with zero attached hydrogens (tertiary/aromatic N) is 2. The lowest BCUT2D eigenvalue weighted by Gasteiger charge is -2.26. The summed E-state index contributed by atoms with van der Waals surface area (Å²) in [6.45, 7) is 0.194. The fraction of sp³-hybridized carbons (Fsp3) is 0.125. The molecule has 4 aromatic heterocycles. The highest BCUT2D eigenvalue weighted by molar-refractivity contribution is 7.13. The van der Waals surface area contributed by atoms with Gasteiger partial charge in [-0.15, -0.1) is 47.5 Å². The van der Waals surface area contributed by atoms with Crippen LogP contribution in [0.15, 0.2) is 47.4 Å². The molecule has 26 heavy (non-hydrogen) atoms. The lowest BCUT2D eigenvalue weighted by Crippen LogP contribution is -2.46. The molecule has 0 unspecified atom stereocenters. The number of halogens is 2. The van der Waals surface area contributed by atoms with Crippen molar-refractivity contribution in [2.45, 2.75) is 5.54 Å². The Morgan fingerprint density at radius 2 is 1.35 bits per heavy atom. The molecule has 138 valence electrons. The van der Waals surface area contributed by atoms with E-state index in [1.807, 2.05) is 47.4 Å². The minimum atomic E-state index is -0.987. The number of aromatic amines is 2.